The second-order valence-corrected chi connectivity index (χ2v) is 12.7. The van der Waals surface area contributed by atoms with Crippen molar-refractivity contribution in [3.63, 3.8) is 0 Å². The van der Waals surface area contributed by atoms with E-state index < -0.39 is 17.4 Å². The van der Waals surface area contributed by atoms with Gasteiger partial charge in [-0.05, 0) is 60.2 Å². The zero-order chi connectivity index (χ0) is 23.7. The van der Waals surface area contributed by atoms with E-state index in [2.05, 4.69) is 110 Å². The monoisotopic (exact) mass is 494 g/mol. The molecule has 168 valence electrons. The lowest BCUT2D eigenvalue weighted by Crippen LogP contribution is -2.19. The second kappa shape index (κ2) is 11.4. The molecule has 0 bridgehead atoms. The van der Waals surface area contributed by atoms with Crippen molar-refractivity contribution in [1.29, 1.82) is 0 Å². The van der Waals surface area contributed by atoms with Gasteiger partial charge in [0, 0.05) is 5.02 Å². The van der Waals surface area contributed by atoms with Crippen molar-refractivity contribution in [2.24, 2.45) is 0 Å². The SMILES string of the molecule is C[P+](C=Cc1ccccc1)(c1ccccc1)c1ccccc1.O=S(=O)([O-])c1ccc(Cl)cc1. The van der Waals surface area contributed by atoms with Crippen LogP contribution in [-0.2, 0) is 10.1 Å². The average Bonchev–Trinajstić information content (AvgIpc) is 2.84. The van der Waals surface area contributed by atoms with E-state index in [0.29, 0.717) is 5.02 Å². The Morgan fingerprint density at radius 2 is 1.12 bits per heavy atom. The van der Waals surface area contributed by atoms with E-state index in [1.54, 1.807) is 0 Å². The average molecular weight is 495 g/mol. The summed E-state index contributed by atoms with van der Waals surface area (Å²) in [5.41, 5.74) is 1.25. The Morgan fingerprint density at radius 1 is 0.697 bits per heavy atom. The van der Waals surface area contributed by atoms with Crippen molar-refractivity contribution < 1.29 is 13.0 Å². The van der Waals surface area contributed by atoms with Crippen LogP contribution in [0, 0.1) is 0 Å². The van der Waals surface area contributed by atoms with Crippen LogP contribution in [0.3, 0.4) is 0 Å². The minimum atomic E-state index is -4.33. The number of hydrogen-bond acceptors (Lipinski definition) is 3. The highest BCUT2D eigenvalue weighted by Crippen LogP contribution is 2.54. The van der Waals surface area contributed by atoms with E-state index in [-0.39, 0.29) is 4.90 Å². The Bertz CT molecular complexity index is 1240. The van der Waals surface area contributed by atoms with E-state index >= 15 is 0 Å². The first-order valence-electron chi connectivity index (χ1n) is 10.2. The van der Waals surface area contributed by atoms with E-state index in [0.717, 1.165) is 0 Å². The van der Waals surface area contributed by atoms with Crippen LogP contribution in [0.15, 0.2) is 126 Å². The third-order valence-corrected chi connectivity index (χ3v) is 9.64. The maximum absolute atomic E-state index is 10.3. The summed E-state index contributed by atoms with van der Waals surface area (Å²) in [7, 11) is -5.85. The Hall–Kier alpha value is -2.75. The quantitative estimate of drug-likeness (QED) is 0.245. The molecule has 0 spiro atoms. The van der Waals surface area contributed by atoms with Crippen LogP contribution < -0.4 is 10.6 Å². The summed E-state index contributed by atoms with van der Waals surface area (Å²) >= 11 is 5.46. The van der Waals surface area contributed by atoms with Gasteiger partial charge in [0.1, 0.15) is 28.0 Å². The van der Waals surface area contributed by atoms with E-state index in [9.17, 15) is 13.0 Å². The number of benzene rings is 4. The molecule has 4 aromatic rings. The Balaban J connectivity index is 0.000000235. The molecule has 0 unspecified atom stereocenters. The predicted molar refractivity (Wildman–Crippen MR) is 140 cm³/mol. The van der Waals surface area contributed by atoms with Gasteiger partial charge in [-0.3, -0.25) is 0 Å². The molecular formula is C27H24ClO3PS. The molecule has 0 aliphatic heterocycles. The van der Waals surface area contributed by atoms with Gasteiger partial charge >= 0.3 is 0 Å². The minimum Gasteiger partial charge on any atom is -0.744 e. The highest BCUT2D eigenvalue weighted by atomic mass is 35.5. The molecule has 33 heavy (non-hydrogen) atoms. The van der Waals surface area contributed by atoms with E-state index in [1.165, 1.54) is 40.4 Å². The third kappa shape index (κ3) is 7.12. The van der Waals surface area contributed by atoms with Crippen molar-refractivity contribution in [2.45, 2.75) is 4.90 Å². The van der Waals surface area contributed by atoms with Gasteiger partial charge in [-0.1, -0.05) is 78.3 Å². The van der Waals surface area contributed by atoms with Crippen LogP contribution in [0.2, 0.25) is 5.02 Å². The van der Waals surface area contributed by atoms with Gasteiger partial charge in [-0.15, -0.1) is 0 Å². The molecule has 0 radical (unpaired) electrons. The highest BCUT2D eigenvalue weighted by Gasteiger charge is 2.34. The van der Waals surface area contributed by atoms with Gasteiger partial charge in [0.2, 0.25) is 0 Å². The lowest BCUT2D eigenvalue weighted by atomic mass is 10.2. The summed E-state index contributed by atoms with van der Waals surface area (Å²) in [5, 5.41) is 3.22. The first-order chi connectivity index (χ1) is 15.8. The second-order valence-electron chi connectivity index (χ2n) is 7.38. The molecule has 4 rings (SSSR count). The van der Waals surface area contributed by atoms with Crippen LogP contribution in [-0.4, -0.2) is 19.6 Å². The summed E-state index contributed by atoms with van der Waals surface area (Å²) in [6.45, 7) is 2.39. The Morgan fingerprint density at radius 3 is 1.55 bits per heavy atom. The van der Waals surface area contributed by atoms with Crippen LogP contribution in [0.1, 0.15) is 5.56 Å². The predicted octanol–water partition coefficient (Wildman–Crippen LogP) is 6.20. The maximum atomic E-state index is 10.3. The molecular weight excluding hydrogens is 471 g/mol. The normalized spacial score (nSPS) is 11.6. The fourth-order valence-corrected chi connectivity index (χ4v) is 6.49. The Labute approximate surface area is 201 Å². The topological polar surface area (TPSA) is 57.2 Å². The summed E-state index contributed by atoms with van der Waals surface area (Å²) in [4.78, 5) is -0.262. The van der Waals surface area contributed by atoms with Crippen molar-refractivity contribution in [3.05, 3.63) is 132 Å². The zero-order valence-electron chi connectivity index (χ0n) is 18.1. The standard InChI is InChI=1S/C21H20P.C6H5ClO3S/c1-22(20-13-7-3-8-14-20,21-15-9-4-10-16-21)18-17-19-11-5-2-6-12-19;7-5-1-3-6(4-2-5)11(8,9)10/h2-18H,1H3;1-4H,(H,8,9,10)/q+1;/p-1. The molecule has 0 N–H and O–H groups in total. The highest BCUT2D eigenvalue weighted by molar-refractivity contribution is 7.91. The molecule has 4 aromatic carbocycles. The van der Waals surface area contributed by atoms with E-state index in [4.69, 9.17) is 11.6 Å². The van der Waals surface area contributed by atoms with Crippen LogP contribution in [0.25, 0.3) is 6.08 Å². The molecule has 0 fully saturated rings. The summed E-state index contributed by atoms with van der Waals surface area (Å²) in [6, 6.07) is 37.3. The fraction of sp³-hybridized carbons (Fsp3) is 0.0370. The number of hydrogen-bond donors (Lipinski definition) is 0. The van der Waals surface area contributed by atoms with Crippen LogP contribution in [0.5, 0.6) is 0 Å². The lowest BCUT2D eigenvalue weighted by Gasteiger charge is -2.19. The molecule has 3 nitrogen and oxygen atoms in total. The van der Waals surface area contributed by atoms with Crippen LogP contribution >= 0.6 is 18.9 Å². The van der Waals surface area contributed by atoms with Gasteiger partial charge in [0.05, 0.1) is 17.4 Å². The Kier molecular flexibility index (Phi) is 8.60. The molecule has 0 aromatic heterocycles. The van der Waals surface area contributed by atoms with Crippen LogP contribution in [0.4, 0.5) is 0 Å². The first-order valence-corrected chi connectivity index (χ1v) is 14.3. The molecule has 0 atom stereocenters. The number of rotatable bonds is 5. The first kappa shape index (κ1) is 24.9. The molecule has 0 saturated heterocycles. The molecule has 6 heteroatoms. The van der Waals surface area contributed by atoms with E-state index in [1.807, 2.05) is 0 Å². The van der Waals surface area contributed by atoms with Crippen molar-refractivity contribution in [3.8, 4) is 0 Å². The summed E-state index contributed by atoms with van der Waals surface area (Å²) in [5.74, 6) is 2.41. The maximum Gasteiger partial charge on any atom is 0.124 e. The fourth-order valence-electron chi connectivity index (χ4n) is 3.20. The summed E-state index contributed by atoms with van der Waals surface area (Å²) in [6.07, 6.45) is 2.26. The van der Waals surface area contributed by atoms with Crippen molar-refractivity contribution in [1.82, 2.24) is 0 Å². The molecule has 0 aliphatic rings. The lowest BCUT2D eigenvalue weighted by molar-refractivity contribution is 0.463. The summed E-state index contributed by atoms with van der Waals surface area (Å²) < 4.78 is 31.0. The van der Waals surface area contributed by atoms with Crippen molar-refractivity contribution in [2.75, 3.05) is 6.66 Å². The van der Waals surface area contributed by atoms with Crippen molar-refractivity contribution >= 4 is 45.7 Å². The van der Waals surface area contributed by atoms with Gasteiger partial charge in [0.25, 0.3) is 0 Å². The van der Waals surface area contributed by atoms with Gasteiger partial charge < -0.3 is 4.55 Å². The molecule has 0 aliphatic carbocycles. The molecule has 0 saturated carbocycles. The largest absolute Gasteiger partial charge is 0.744 e. The minimum absolute atomic E-state index is 0.262. The van der Waals surface area contributed by atoms with Gasteiger partial charge in [-0.25, -0.2) is 8.42 Å². The molecule has 0 heterocycles. The third-order valence-electron chi connectivity index (χ3n) is 5.05. The van der Waals surface area contributed by atoms with Gasteiger partial charge in [-0.2, -0.15) is 0 Å². The molecule has 0 amide bonds. The number of halogens is 1. The smallest absolute Gasteiger partial charge is 0.124 e. The zero-order valence-corrected chi connectivity index (χ0v) is 20.5. The van der Waals surface area contributed by atoms with Gasteiger partial charge in [0.15, 0.2) is 0 Å².